The number of hydrogen-bond acceptors (Lipinski definition) is 3. The molecule has 0 aliphatic carbocycles. The monoisotopic (exact) mass is 349 g/mol. The van der Waals surface area contributed by atoms with Crippen LogP contribution in [0, 0.1) is 18.3 Å². The largest absolute Gasteiger partial charge is 0.222 e. The van der Waals surface area contributed by atoms with E-state index in [-0.39, 0.29) is 4.90 Å². The van der Waals surface area contributed by atoms with E-state index in [2.05, 4.69) is 15.9 Å². The van der Waals surface area contributed by atoms with Gasteiger partial charge in [0.15, 0.2) is 15.1 Å². The third-order valence-corrected chi connectivity index (χ3v) is 5.41. The van der Waals surface area contributed by atoms with E-state index in [1.54, 1.807) is 36.4 Å². The van der Waals surface area contributed by atoms with E-state index in [1.807, 2.05) is 13.0 Å². The van der Waals surface area contributed by atoms with Crippen molar-refractivity contribution >= 4 is 25.8 Å². The summed E-state index contributed by atoms with van der Waals surface area (Å²) in [6.45, 7) is 1.88. The molecule has 2 aromatic rings. The van der Waals surface area contributed by atoms with Gasteiger partial charge in [0.2, 0.25) is 0 Å². The van der Waals surface area contributed by atoms with Crippen LogP contribution < -0.4 is 0 Å². The fourth-order valence-electron chi connectivity index (χ4n) is 1.82. The van der Waals surface area contributed by atoms with Crippen molar-refractivity contribution in [1.82, 2.24) is 0 Å². The minimum absolute atomic E-state index is 0.164. The molecule has 5 heteroatoms. The molecule has 0 heterocycles. The number of benzene rings is 2. The molecule has 20 heavy (non-hydrogen) atoms. The van der Waals surface area contributed by atoms with E-state index in [0.717, 1.165) is 10.0 Å². The molecule has 0 amide bonds. The molecule has 2 aromatic carbocycles. The molecule has 0 N–H and O–H groups in total. The minimum Gasteiger partial charge on any atom is -0.222 e. The minimum atomic E-state index is -3.71. The molecule has 2 rings (SSSR count). The molecular weight excluding hydrogens is 338 g/mol. The summed E-state index contributed by atoms with van der Waals surface area (Å²) >= 11 is 3.29. The van der Waals surface area contributed by atoms with Crippen molar-refractivity contribution in [2.24, 2.45) is 0 Å². The zero-order valence-corrected chi connectivity index (χ0v) is 13.1. The number of halogens is 1. The second-order valence-electron chi connectivity index (χ2n) is 4.42. The molecule has 0 saturated carbocycles. The van der Waals surface area contributed by atoms with E-state index in [4.69, 9.17) is 0 Å². The molecule has 1 atom stereocenters. The van der Waals surface area contributed by atoms with Gasteiger partial charge in [-0.2, -0.15) is 5.26 Å². The van der Waals surface area contributed by atoms with Gasteiger partial charge in [0, 0.05) is 4.47 Å². The Morgan fingerprint density at radius 3 is 2.10 bits per heavy atom. The molecule has 0 aromatic heterocycles. The third kappa shape index (κ3) is 2.92. The summed E-state index contributed by atoms with van der Waals surface area (Å²) in [5.41, 5.74) is 1.44. The third-order valence-electron chi connectivity index (χ3n) is 2.95. The van der Waals surface area contributed by atoms with Crippen LogP contribution in [0.1, 0.15) is 16.4 Å². The number of nitrogens with zero attached hydrogens (tertiary/aromatic N) is 1. The van der Waals surface area contributed by atoms with Crippen molar-refractivity contribution in [2.45, 2.75) is 17.1 Å². The average Bonchev–Trinajstić information content (AvgIpc) is 2.42. The zero-order valence-electron chi connectivity index (χ0n) is 10.7. The van der Waals surface area contributed by atoms with Crippen molar-refractivity contribution in [3.63, 3.8) is 0 Å². The fourth-order valence-corrected chi connectivity index (χ4v) is 3.53. The molecule has 102 valence electrons. The lowest BCUT2D eigenvalue weighted by Crippen LogP contribution is -2.12. The molecule has 0 spiro atoms. The molecule has 0 aliphatic heterocycles. The van der Waals surface area contributed by atoms with Crippen molar-refractivity contribution in [3.05, 3.63) is 64.1 Å². The maximum absolute atomic E-state index is 12.5. The van der Waals surface area contributed by atoms with Crippen LogP contribution in [0.4, 0.5) is 0 Å². The van der Waals surface area contributed by atoms with Crippen LogP contribution in [0.15, 0.2) is 57.9 Å². The summed E-state index contributed by atoms with van der Waals surface area (Å²) in [5.74, 6) is 0. The molecule has 0 saturated heterocycles. The maximum Gasteiger partial charge on any atom is 0.198 e. The van der Waals surface area contributed by atoms with Gasteiger partial charge in [0.05, 0.1) is 11.0 Å². The predicted molar refractivity (Wildman–Crippen MR) is 80.9 cm³/mol. The first-order valence-corrected chi connectivity index (χ1v) is 8.25. The molecule has 0 radical (unpaired) electrons. The highest BCUT2D eigenvalue weighted by Gasteiger charge is 2.28. The van der Waals surface area contributed by atoms with Crippen LogP contribution in [0.2, 0.25) is 0 Å². The first-order valence-electron chi connectivity index (χ1n) is 5.91. The summed E-state index contributed by atoms with van der Waals surface area (Å²) in [6, 6.07) is 15.1. The van der Waals surface area contributed by atoms with Crippen molar-refractivity contribution in [3.8, 4) is 6.07 Å². The Morgan fingerprint density at radius 1 is 1.05 bits per heavy atom. The maximum atomic E-state index is 12.5. The number of hydrogen-bond donors (Lipinski definition) is 0. The Morgan fingerprint density at radius 2 is 1.60 bits per heavy atom. The highest BCUT2D eigenvalue weighted by atomic mass is 79.9. The SMILES string of the molecule is Cc1ccc(S(=O)(=O)C(C#N)c2ccc(Br)cc2)cc1. The summed E-state index contributed by atoms with van der Waals surface area (Å²) in [7, 11) is -3.71. The average molecular weight is 350 g/mol. The van der Waals surface area contributed by atoms with E-state index >= 15 is 0 Å². The van der Waals surface area contributed by atoms with Gasteiger partial charge >= 0.3 is 0 Å². The predicted octanol–water partition coefficient (Wildman–Crippen LogP) is 3.80. The summed E-state index contributed by atoms with van der Waals surface area (Å²) in [4.78, 5) is 0.164. The normalized spacial score (nSPS) is 12.7. The topological polar surface area (TPSA) is 57.9 Å². The Bertz CT molecular complexity index is 744. The van der Waals surface area contributed by atoms with Crippen LogP contribution >= 0.6 is 15.9 Å². The van der Waals surface area contributed by atoms with Gasteiger partial charge in [-0.25, -0.2) is 8.42 Å². The molecule has 1 unspecified atom stereocenters. The van der Waals surface area contributed by atoms with Gasteiger partial charge in [-0.15, -0.1) is 0 Å². The highest BCUT2D eigenvalue weighted by Crippen LogP contribution is 2.29. The van der Waals surface area contributed by atoms with Gasteiger partial charge in [0.25, 0.3) is 0 Å². The number of rotatable bonds is 3. The van der Waals surface area contributed by atoms with E-state index in [9.17, 15) is 13.7 Å². The Hall–Kier alpha value is -1.64. The lowest BCUT2D eigenvalue weighted by Gasteiger charge is -2.11. The Labute approximate surface area is 126 Å². The first-order chi connectivity index (χ1) is 9.45. The molecule has 0 bridgehead atoms. The van der Waals surface area contributed by atoms with Crippen LogP contribution in [0.25, 0.3) is 0 Å². The zero-order chi connectivity index (χ0) is 14.8. The smallest absolute Gasteiger partial charge is 0.198 e. The van der Waals surface area contributed by atoms with Crippen LogP contribution in [-0.2, 0) is 9.84 Å². The lowest BCUT2D eigenvalue weighted by molar-refractivity contribution is 0.591. The van der Waals surface area contributed by atoms with Gasteiger partial charge in [-0.05, 0) is 36.8 Å². The quantitative estimate of drug-likeness (QED) is 0.846. The molecule has 0 fully saturated rings. The number of nitriles is 1. The van der Waals surface area contributed by atoms with E-state index in [0.29, 0.717) is 5.56 Å². The van der Waals surface area contributed by atoms with Crippen LogP contribution in [-0.4, -0.2) is 8.42 Å². The summed E-state index contributed by atoms with van der Waals surface area (Å²) in [5, 5.41) is 8.06. The molecular formula is C15H12BrNO2S. The van der Waals surface area contributed by atoms with Crippen molar-refractivity contribution < 1.29 is 8.42 Å². The Balaban J connectivity index is 2.48. The second-order valence-corrected chi connectivity index (χ2v) is 7.37. The van der Waals surface area contributed by atoms with E-state index in [1.165, 1.54) is 12.1 Å². The Kier molecular flexibility index (Phi) is 4.26. The number of aryl methyl sites for hydroxylation is 1. The standard InChI is InChI=1S/C15H12BrNO2S/c1-11-2-8-14(9-3-11)20(18,19)15(10-17)12-4-6-13(16)7-5-12/h2-9,15H,1H3. The van der Waals surface area contributed by atoms with Crippen molar-refractivity contribution in [2.75, 3.05) is 0 Å². The number of sulfone groups is 1. The van der Waals surface area contributed by atoms with Crippen molar-refractivity contribution in [1.29, 1.82) is 5.26 Å². The van der Waals surface area contributed by atoms with Crippen LogP contribution in [0.5, 0.6) is 0 Å². The first kappa shape index (κ1) is 14.8. The van der Waals surface area contributed by atoms with Gasteiger partial charge in [0.1, 0.15) is 0 Å². The van der Waals surface area contributed by atoms with Gasteiger partial charge in [-0.1, -0.05) is 45.8 Å². The lowest BCUT2D eigenvalue weighted by atomic mass is 10.2. The van der Waals surface area contributed by atoms with E-state index < -0.39 is 15.1 Å². The van der Waals surface area contributed by atoms with Gasteiger partial charge < -0.3 is 0 Å². The fraction of sp³-hybridized carbons (Fsp3) is 0.133. The van der Waals surface area contributed by atoms with Crippen LogP contribution in [0.3, 0.4) is 0 Å². The molecule has 0 aliphatic rings. The summed E-state index contributed by atoms with van der Waals surface area (Å²) in [6.07, 6.45) is 0. The second kappa shape index (κ2) is 5.78. The molecule has 3 nitrogen and oxygen atoms in total. The highest BCUT2D eigenvalue weighted by molar-refractivity contribution is 9.10. The summed E-state index contributed by atoms with van der Waals surface area (Å²) < 4.78 is 25.9. The van der Waals surface area contributed by atoms with Gasteiger partial charge in [-0.3, -0.25) is 0 Å².